The summed E-state index contributed by atoms with van der Waals surface area (Å²) in [5.74, 6) is -0.512. The second-order valence-electron chi connectivity index (χ2n) is 5.29. The van der Waals surface area contributed by atoms with Crippen LogP contribution in [-0.4, -0.2) is 43.2 Å². The molecule has 0 aromatic heterocycles. The zero-order chi connectivity index (χ0) is 15.5. The van der Waals surface area contributed by atoms with Gasteiger partial charge in [-0.1, -0.05) is 18.2 Å². The van der Waals surface area contributed by atoms with Gasteiger partial charge in [0.25, 0.3) is 5.91 Å². The summed E-state index contributed by atoms with van der Waals surface area (Å²) < 4.78 is 38.0. The van der Waals surface area contributed by atoms with E-state index in [-0.39, 0.29) is 6.04 Å². The first-order valence-corrected chi connectivity index (χ1v) is 7.02. The van der Waals surface area contributed by atoms with E-state index in [0.29, 0.717) is 31.4 Å². The molecular weight excluding hydrogens is 281 g/mol. The molecule has 0 aliphatic heterocycles. The van der Waals surface area contributed by atoms with E-state index in [2.05, 4.69) is 5.32 Å². The van der Waals surface area contributed by atoms with Crippen molar-refractivity contribution in [3.8, 4) is 0 Å². The van der Waals surface area contributed by atoms with Crippen molar-refractivity contribution in [1.82, 2.24) is 10.2 Å². The summed E-state index contributed by atoms with van der Waals surface area (Å²) in [6.45, 7) is -0.496. The highest BCUT2D eigenvalue weighted by Crippen LogP contribution is 2.31. The number of likely N-dealkylation sites (N-methyl/N-ethyl adjacent to an activating group) is 1. The highest BCUT2D eigenvalue weighted by atomic mass is 19.4. The molecule has 116 valence electrons. The average Bonchev–Trinajstić information content (AvgIpc) is 3.25. The normalized spacial score (nSPS) is 15.0. The predicted molar refractivity (Wildman–Crippen MR) is 74.2 cm³/mol. The third-order valence-electron chi connectivity index (χ3n) is 3.49. The molecule has 1 fully saturated rings. The van der Waals surface area contributed by atoms with E-state index < -0.39 is 18.6 Å². The number of amides is 1. The Bertz CT molecular complexity index is 498. The molecule has 0 unspecified atom stereocenters. The summed E-state index contributed by atoms with van der Waals surface area (Å²) in [6, 6.07) is 6.63. The number of alkyl halides is 3. The van der Waals surface area contributed by atoms with Gasteiger partial charge in [-0.05, 0) is 44.5 Å². The van der Waals surface area contributed by atoms with Gasteiger partial charge in [0.2, 0.25) is 0 Å². The fraction of sp³-hybridized carbons (Fsp3) is 0.533. The van der Waals surface area contributed by atoms with Gasteiger partial charge in [-0.3, -0.25) is 4.79 Å². The molecule has 1 aliphatic carbocycles. The Labute approximate surface area is 122 Å². The smallest absolute Gasteiger partial charge is 0.327 e. The van der Waals surface area contributed by atoms with Gasteiger partial charge in [-0.2, -0.15) is 13.2 Å². The molecule has 1 aliphatic rings. The minimum absolute atomic E-state index is 0.267. The highest BCUT2D eigenvalue weighted by molar-refractivity contribution is 5.96. The number of rotatable bonds is 6. The van der Waals surface area contributed by atoms with E-state index in [4.69, 9.17) is 0 Å². The van der Waals surface area contributed by atoms with Crippen LogP contribution in [0.25, 0.3) is 0 Å². The van der Waals surface area contributed by atoms with Crippen LogP contribution in [0.3, 0.4) is 0 Å². The Kier molecular flexibility index (Phi) is 4.88. The number of hydrogen-bond acceptors (Lipinski definition) is 2. The lowest BCUT2D eigenvalue weighted by atomic mass is 10.0. The molecule has 6 heteroatoms. The van der Waals surface area contributed by atoms with Crippen LogP contribution in [-0.2, 0) is 6.42 Å². The molecular formula is C15H19F3N2O. The van der Waals surface area contributed by atoms with E-state index in [1.54, 1.807) is 31.3 Å². The molecule has 0 saturated heterocycles. The minimum atomic E-state index is -4.36. The summed E-state index contributed by atoms with van der Waals surface area (Å²) in [6.07, 6.45) is -2.44. The SMILES string of the molecule is CNCCc1ccccc1C(=O)N(CC(F)(F)F)C1CC1. The molecule has 1 aromatic carbocycles. The largest absolute Gasteiger partial charge is 0.406 e. The Balaban J connectivity index is 2.20. The van der Waals surface area contributed by atoms with Crippen LogP contribution in [0.2, 0.25) is 0 Å². The van der Waals surface area contributed by atoms with Gasteiger partial charge in [0.15, 0.2) is 0 Å². The standard InChI is InChI=1S/C15H19F3N2O/c1-19-9-8-11-4-2-3-5-13(11)14(21)20(12-6-7-12)10-15(16,17)18/h2-5,12,19H,6-10H2,1H3. The first kappa shape index (κ1) is 15.8. The maximum Gasteiger partial charge on any atom is 0.406 e. The van der Waals surface area contributed by atoms with Crippen molar-refractivity contribution in [1.29, 1.82) is 0 Å². The van der Waals surface area contributed by atoms with E-state index in [1.165, 1.54) is 0 Å². The van der Waals surface area contributed by atoms with Crippen molar-refractivity contribution >= 4 is 5.91 Å². The molecule has 1 N–H and O–H groups in total. The van der Waals surface area contributed by atoms with Gasteiger partial charge >= 0.3 is 6.18 Å². The van der Waals surface area contributed by atoms with Gasteiger partial charge in [0, 0.05) is 11.6 Å². The molecule has 1 saturated carbocycles. The van der Waals surface area contributed by atoms with Gasteiger partial charge in [-0.15, -0.1) is 0 Å². The zero-order valence-corrected chi connectivity index (χ0v) is 11.9. The topological polar surface area (TPSA) is 32.3 Å². The fourth-order valence-corrected chi connectivity index (χ4v) is 2.31. The first-order chi connectivity index (χ1) is 9.92. The minimum Gasteiger partial charge on any atom is -0.327 e. The predicted octanol–water partition coefficient (Wildman–Crippen LogP) is 2.62. The number of halogens is 3. The van der Waals surface area contributed by atoms with Crippen LogP contribution in [0.15, 0.2) is 24.3 Å². The molecule has 21 heavy (non-hydrogen) atoms. The third kappa shape index (κ3) is 4.46. The maximum atomic E-state index is 12.7. The number of hydrogen-bond donors (Lipinski definition) is 1. The average molecular weight is 300 g/mol. The van der Waals surface area contributed by atoms with Crippen molar-refractivity contribution in [2.45, 2.75) is 31.5 Å². The molecule has 0 radical (unpaired) electrons. The van der Waals surface area contributed by atoms with Gasteiger partial charge in [-0.25, -0.2) is 0 Å². The van der Waals surface area contributed by atoms with Gasteiger partial charge < -0.3 is 10.2 Å². The second kappa shape index (κ2) is 6.47. The van der Waals surface area contributed by atoms with Crippen molar-refractivity contribution in [2.75, 3.05) is 20.1 Å². The molecule has 1 aromatic rings. The second-order valence-corrected chi connectivity index (χ2v) is 5.29. The number of nitrogens with zero attached hydrogens (tertiary/aromatic N) is 1. The zero-order valence-electron chi connectivity index (χ0n) is 11.9. The van der Waals surface area contributed by atoms with Crippen molar-refractivity contribution in [2.24, 2.45) is 0 Å². The van der Waals surface area contributed by atoms with Crippen LogP contribution in [0.5, 0.6) is 0 Å². The van der Waals surface area contributed by atoms with Crippen molar-refractivity contribution in [3.05, 3.63) is 35.4 Å². The lowest BCUT2D eigenvalue weighted by Crippen LogP contribution is -2.41. The quantitative estimate of drug-likeness (QED) is 0.876. The van der Waals surface area contributed by atoms with E-state index >= 15 is 0 Å². The summed E-state index contributed by atoms with van der Waals surface area (Å²) in [5.41, 5.74) is 1.16. The first-order valence-electron chi connectivity index (χ1n) is 7.02. The Morgan fingerprint density at radius 2 is 2.00 bits per heavy atom. The lowest BCUT2D eigenvalue weighted by Gasteiger charge is -2.25. The lowest BCUT2D eigenvalue weighted by molar-refractivity contribution is -0.141. The van der Waals surface area contributed by atoms with Crippen LogP contribution in [0.4, 0.5) is 13.2 Å². The number of carbonyl (C=O) groups is 1. The van der Waals surface area contributed by atoms with Gasteiger partial charge in [0.1, 0.15) is 6.54 Å². The van der Waals surface area contributed by atoms with Crippen LogP contribution in [0.1, 0.15) is 28.8 Å². The van der Waals surface area contributed by atoms with Gasteiger partial charge in [0.05, 0.1) is 0 Å². The molecule has 0 atom stereocenters. The molecule has 3 nitrogen and oxygen atoms in total. The number of benzene rings is 1. The summed E-state index contributed by atoms with van der Waals surface area (Å²) in [7, 11) is 1.80. The Hall–Kier alpha value is -1.56. The van der Waals surface area contributed by atoms with Crippen LogP contribution < -0.4 is 5.32 Å². The maximum absolute atomic E-state index is 12.7. The summed E-state index contributed by atoms with van der Waals surface area (Å²) in [4.78, 5) is 13.5. The van der Waals surface area contributed by atoms with E-state index in [0.717, 1.165) is 10.5 Å². The molecule has 0 heterocycles. The fourth-order valence-electron chi connectivity index (χ4n) is 2.31. The highest BCUT2D eigenvalue weighted by Gasteiger charge is 2.41. The van der Waals surface area contributed by atoms with Crippen molar-refractivity contribution in [3.63, 3.8) is 0 Å². The van der Waals surface area contributed by atoms with E-state index in [1.807, 2.05) is 0 Å². The Morgan fingerprint density at radius 1 is 1.33 bits per heavy atom. The number of carbonyl (C=O) groups excluding carboxylic acids is 1. The Morgan fingerprint density at radius 3 is 2.57 bits per heavy atom. The van der Waals surface area contributed by atoms with Crippen LogP contribution in [0, 0.1) is 0 Å². The molecule has 2 rings (SSSR count). The molecule has 0 spiro atoms. The monoisotopic (exact) mass is 300 g/mol. The molecule has 0 bridgehead atoms. The molecule has 1 amide bonds. The number of nitrogens with one attached hydrogen (secondary N) is 1. The van der Waals surface area contributed by atoms with Crippen LogP contribution >= 0.6 is 0 Å². The van der Waals surface area contributed by atoms with E-state index in [9.17, 15) is 18.0 Å². The summed E-state index contributed by atoms with van der Waals surface area (Å²) in [5, 5.41) is 2.98. The van der Waals surface area contributed by atoms with Crippen molar-refractivity contribution < 1.29 is 18.0 Å². The third-order valence-corrected chi connectivity index (χ3v) is 3.49. The summed E-state index contributed by atoms with van der Waals surface area (Å²) >= 11 is 0.